The van der Waals surface area contributed by atoms with Crippen LogP contribution in [0.15, 0.2) is 48.5 Å². The second-order valence-corrected chi connectivity index (χ2v) is 6.02. The number of hydrogen-bond donors (Lipinski definition) is 1. The van der Waals surface area contributed by atoms with Crippen molar-refractivity contribution >= 4 is 5.97 Å². The Labute approximate surface area is 149 Å². The first-order valence-corrected chi connectivity index (χ1v) is 8.93. The molecule has 0 fully saturated rings. The van der Waals surface area contributed by atoms with Gasteiger partial charge in [-0.2, -0.15) is 0 Å². The number of carboxylic acids is 1. The Morgan fingerprint density at radius 3 is 1.92 bits per heavy atom. The van der Waals surface area contributed by atoms with Crippen LogP contribution in [0.4, 0.5) is 0 Å². The normalized spacial score (nSPS) is 10.4. The zero-order valence-corrected chi connectivity index (χ0v) is 14.7. The van der Waals surface area contributed by atoms with Crippen molar-refractivity contribution in [3.8, 4) is 17.2 Å². The minimum atomic E-state index is -0.946. The van der Waals surface area contributed by atoms with Crippen LogP contribution in [0.5, 0.6) is 17.2 Å². The van der Waals surface area contributed by atoms with Crippen LogP contribution in [-0.4, -0.2) is 17.7 Å². The quantitative estimate of drug-likeness (QED) is 0.515. The molecule has 2 aromatic rings. The molecule has 4 nitrogen and oxygen atoms in total. The first kappa shape index (κ1) is 18.8. The highest BCUT2D eigenvalue weighted by molar-refractivity contribution is 5.87. The Balaban J connectivity index is 1.73. The van der Waals surface area contributed by atoms with Gasteiger partial charge in [0.25, 0.3) is 0 Å². The average molecular weight is 342 g/mol. The van der Waals surface area contributed by atoms with Crippen molar-refractivity contribution in [2.24, 2.45) is 0 Å². The summed E-state index contributed by atoms with van der Waals surface area (Å²) in [5, 5.41) is 8.88. The molecule has 0 aromatic heterocycles. The number of carboxylic acid groups (broad SMARTS) is 1. The fourth-order valence-electron chi connectivity index (χ4n) is 2.48. The van der Waals surface area contributed by atoms with Gasteiger partial charge in [-0.1, -0.05) is 39.0 Å². The molecule has 0 unspecified atom stereocenters. The first-order chi connectivity index (χ1) is 12.2. The van der Waals surface area contributed by atoms with Crippen LogP contribution in [0.1, 0.15) is 55.8 Å². The highest BCUT2D eigenvalue weighted by Gasteiger charge is 2.03. The maximum atomic E-state index is 10.8. The maximum Gasteiger partial charge on any atom is 0.335 e. The van der Waals surface area contributed by atoms with E-state index in [1.807, 2.05) is 24.3 Å². The van der Waals surface area contributed by atoms with Gasteiger partial charge in [0.05, 0.1) is 12.2 Å². The molecule has 134 valence electrons. The molecule has 2 aromatic carbocycles. The summed E-state index contributed by atoms with van der Waals surface area (Å²) in [7, 11) is 0. The lowest BCUT2D eigenvalue weighted by Crippen LogP contribution is -1.97. The highest BCUT2D eigenvalue weighted by atomic mass is 16.5. The molecule has 0 saturated carbocycles. The molecule has 0 heterocycles. The topological polar surface area (TPSA) is 55.8 Å². The van der Waals surface area contributed by atoms with Crippen LogP contribution >= 0.6 is 0 Å². The number of benzene rings is 2. The molecule has 0 aliphatic carbocycles. The van der Waals surface area contributed by atoms with Crippen molar-refractivity contribution in [1.29, 1.82) is 0 Å². The molecule has 0 bridgehead atoms. The molecule has 25 heavy (non-hydrogen) atoms. The Kier molecular flexibility index (Phi) is 7.83. The summed E-state index contributed by atoms with van der Waals surface area (Å²) in [4.78, 5) is 10.8. The predicted molar refractivity (Wildman–Crippen MR) is 98.8 cm³/mol. The van der Waals surface area contributed by atoms with Gasteiger partial charge in [-0.25, -0.2) is 4.79 Å². The molecule has 0 saturated heterocycles. The van der Waals surface area contributed by atoms with Gasteiger partial charge in [0.15, 0.2) is 0 Å². The van der Waals surface area contributed by atoms with Gasteiger partial charge in [0.1, 0.15) is 17.2 Å². The van der Waals surface area contributed by atoms with E-state index in [-0.39, 0.29) is 5.56 Å². The van der Waals surface area contributed by atoms with Crippen molar-refractivity contribution in [3.05, 3.63) is 54.1 Å². The highest BCUT2D eigenvalue weighted by Crippen LogP contribution is 2.24. The van der Waals surface area contributed by atoms with Crippen LogP contribution in [0.25, 0.3) is 0 Å². The molecule has 2 rings (SSSR count). The van der Waals surface area contributed by atoms with Crippen molar-refractivity contribution in [2.75, 3.05) is 6.61 Å². The van der Waals surface area contributed by atoms with E-state index in [9.17, 15) is 4.79 Å². The largest absolute Gasteiger partial charge is 0.494 e. The fourth-order valence-corrected chi connectivity index (χ4v) is 2.48. The summed E-state index contributed by atoms with van der Waals surface area (Å²) >= 11 is 0. The van der Waals surface area contributed by atoms with Crippen molar-refractivity contribution < 1.29 is 19.4 Å². The van der Waals surface area contributed by atoms with Crippen LogP contribution in [0.3, 0.4) is 0 Å². The van der Waals surface area contributed by atoms with E-state index < -0.39 is 5.97 Å². The Hall–Kier alpha value is -2.49. The molecule has 1 N–H and O–H groups in total. The Morgan fingerprint density at radius 2 is 1.32 bits per heavy atom. The van der Waals surface area contributed by atoms with Crippen LogP contribution in [0, 0.1) is 0 Å². The lowest BCUT2D eigenvalue weighted by molar-refractivity contribution is 0.0697. The maximum absolute atomic E-state index is 10.8. The van der Waals surface area contributed by atoms with Gasteiger partial charge in [0, 0.05) is 0 Å². The van der Waals surface area contributed by atoms with Gasteiger partial charge in [-0.15, -0.1) is 0 Å². The minimum Gasteiger partial charge on any atom is -0.494 e. The molecule has 4 heteroatoms. The summed E-state index contributed by atoms with van der Waals surface area (Å²) in [6.07, 6.45) is 7.49. The Bertz CT molecular complexity index is 632. The van der Waals surface area contributed by atoms with E-state index in [0.717, 1.165) is 18.8 Å². The van der Waals surface area contributed by atoms with Crippen molar-refractivity contribution in [3.63, 3.8) is 0 Å². The molecule has 0 aliphatic heterocycles. The van der Waals surface area contributed by atoms with E-state index >= 15 is 0 Å². The van der Waals surface area contributed by atoms with Gasteiger partial charge in [-0.05, 0) is 55.0 Å². The van der Waals surface area contributed by atoms with Gasteiger partial charge in [-0.3, -0.25) is 0 Å². The molecule has 0 amide bonds. The molecular formula is C21H26O4. The number of aromatic carboxylic acids is 1. The van der Waals surface area contributed by atoms with Crippen LogP contribution in [-0.2, 0) is 0 Å². The van der Waals surface area contributed by atoms with Crippen LogP contribution in [0.2, 0.25) is 0 Å². The van der Waals surface area contributed by atoms with Crippen molar-refractivity contribution in [2.45, 2.75) is 45.4 Å². The fraction of sp³-hybridized carbons (Fsp3) is 0.381. The van der Waals surface area contributed by atoms with Crippen LogP contribution < -0.4 is 9.47 Å². The number of hydrogen-bond acceptors (Lipinski definition) is 3. The van der Waals surface area contributed by atoms with E-state index in [1.54, 1.807) is 12.1 Å². The molecular weight excluding hydrogens is 316 g/mol. The minimum absolute atomic E-state index is 0.241. The third kappa shape index (κ3) is 6.87. The SMILES string of the molecule is CCCCCCCCOc1ccc(Oc2ccc(C(=O)O)cc2)cc1. The predicted octanol–water partition coefficient (Wildman–Crippen LogP) is 5.92. The van der Waals surface area contributed by atoms with Gasteiger partial charge >= 0.3 is 5.97 Å². The van der Waals surface area contributed by atoms with E-state index in [4.69, 9.17) is 14.6 Å². The smallest absolute Gasteiger partial charge is 0.335 e. The third-order valence-corrected chi connectivity index (χ3v) is 3.93. The number of rotatable bonds is 11. The number of carbonyl (C=O) groups is 1. The number of ether oxygens (including phenoxy) is 2. The molecule has 0 spiro atoms. The molecule has 0 radical (unpaired) electrons. The monoisotopic (exact) mass is 342 g/mol. The summed E-state index contributed by atoms with van der Waals surface area (Å²) in [5.41, 5.74) is 0.241. The van der Waals surface area contributed by atoms with E-state index in [2.05, 4.69) is 6.92 Å². The second-order valence-electron chi connectivity index (χ2n) is 6.02. The Morgan fingerprint density at radius 1 is 0.800 bits per heavy atom. The lowest BCUT2D eigenvalue weighted by Gasteiger charge is -2.09. The zero-order chi connectivity index (χ0) is 17.9. The molecule has 0 atom stereocenters. The van der Waals surface area contributed by atoms with E-state index in [0.29, 0.717) is 11.5 Å². The zero-order valence-electron chi connectivity index (χ0n) is 14.7. The average Bonchev–Trinajstić information content (AvgIpc) is 2.63. The summed E-state index contributed by atoms with van der Waals surface area (Å²) in [6, 6.07) is 13.8. The summed E-state index contributed by atoms with van der Waals surface area (Å²) < 4.78 is 11.4. The standard InChI is InChI=1S/C21H26O4/c1-2-3-4-5-6-7-16-24-18-12-14-20(15-13-18)25-19-10-8-17(9-11-19)21(22)23/h8-15H,2-7,16H2,1H3,(H,22,23). The van der Waals surface area contributed by atoms with Gasteiger partial charge in [0.2, 0.25) is 0 Å². The summed E-state index contributed by atoms with van der Waals surface area (Å²) in [5.74, 6) is 1.18. The third-order valence-electron chi connectivity index (χ3n) is 3.93. The number of unbranched alkanes of at least 4 members (excludes halogenated alkanes) is 5. The first-order valence-electron chi connectivity index (χ1n) is 8.93. The van der Waals surface area contributed by atoms with E-state index in [1.165, 1.54) is 44.2 Å². The molecule has 0 aliphatic rings. The van der Waals surface area contributed by atoms with Crippen molar-refractivity contribution in [1.82, 2.24) is 0 Å². The lowest BCUT2D eigenvalue weighted by atomic mass is 10.1. The summed E-state index contributed by atoms with van der Waals surface area (Å²) in [6.45, 7) is 2.96. The second kappa shape index (κ2) is 10.4. The van der Waals surface area contributed by atoms with Gasteiger partial charge < -0.3 is 14.6 Å².